The van der Waals surface area contributed by atoms with Crippen molar-refractivity contribution in [1.29, 1.82) is 0 Å². The molecular weight excluding hydrogens is 252 g/mol. The van der Waals surface area contributed by atoms with Crippen LogP contribution in [0.2, 0.25) is 5.82 Å². The van der Waals surface area contributed by atoms with Crippen molar-refractivity contribution in [2.24, 2.45) is 5.41 Å². The van der Waals surface area contributed by atoms with Crippen LogP contribution in [0.4, 0.5) is 30.7 Å². The van der Waals surface area contributed by atoms with Gasteiger partial charge in [-0.1, -0.05) is 19.2 Å². The Bertz CT molecular complexity index is 229. The van der Waals surface area contributed by atoms with E-state index in [4.69, 9.17) is 7.85 Å². The SMILES string of the molecule is [B]C(C)CC[C@H](F)C(C)(C(F)(F)F)C(F)(F)F. The summed E-state index contributed by atoms with van der Waals surface area (Å²) in [5.41, 5.74) is -4.35. The fourth-order valence-corrected chi connectivity index (χ4v) is 1.21. The average Bonchev–Trinajstić information content (AvgIpc) is 2.08. The lowest BCUT2D eigenvalue weighted by Gasteiger charge is -2.36. The third kappa shape index (κ3) is 3.52. The second-order valence-corrected chi connectivity index (χ2v) is 4.22. The minimum absolute atomic E-state index is 0.168. The summed E-state index contributed by atoms with van der Waals surface area (Å²) in [6.45, 7) is 1.21. The molecule has 0 fully saturated rings. The van der Waals surface area contributed by atoms with Gasteiger partial charge >= 0.3 is 12.4 Å². The van der Waals surface area contributed by atoms with Crippen molar-refractivity contribution in [3.8, 4) is 0 Å². The standard InChI is InChI=1S/C9H12BF7/c1-5(10)3-4-6(11)7(2,8(12,13)14)9(15,16)17/h5-6H,3-4H2,1-2H3/t5?,6-/m0/s1. The van der Waals surface area contributed by atoms with Crippen molar-refractivity contribution in [2.75, 3.05) is 0 Å². The molecule has 0 saturated heterocycles. The lowest BCUT2D eigenvalue weighted by atomic mass is 9.77. The zero-order valence-corrected chi connectivity index (χ0v) is 9.29. The third-order valence-electron chi connectivity index (χ3n) is 2.68. The van der Waals surface area contributed by atoms with Crippen LogP contribution in [-0.2, 0) is 0 Å². The van der Waals surface area contributed by atoms with Crippen LogP contribution in [-0.4, -0.2) is 26.4 Å². The van der Waals surface area contributed by atoms with E-state index in [1.165, 1.54) is 6.92 Å². The van der Waals surface area contributed by atoms with Crippen LogP contribution >= 0.6 is 0 Å². The first kappa shape index (κ1) is 16.6. The highest BCUT2D eigenvalue weighted by molar-refractivity contribution is 6.11. The van der Waals surface area contributed by atoms with Crippen molar-refractivity contribution < 1.29 is 30.7 Å². The van der Waals surface area contributed by atoms with E-state index in [1.807, 2.05) is 0 Å². The van der Waals surface area contributed by atoms with Crippen molar-refractivity contribution in [2.45, 2.75) is 51.0 Å². The molecule has 1 unspecified atom stereocenters. The van der Waals surface area contributed by atoms with Crippen molar-refractivity contribution >= 4 is 7.85 Å². The summed E-state index contributed by atoms with van der Waals surface area (Å²) in [6, 6.07) is 0. The molecule has 0 aromatic rings. The van der Waals surface area contributed by atoms with Gasteiger partial charge < -0.3 is 0 Å². The number of alkyl halides is 7. The molecule has 0 N–H and O–H groups in total. The lowest BCUT2D eigenvalue weighted by molar-refractivity contribution is -0.352. The molecular formula is C9H12BF7. The quantitative estimate of drug-likeness (QED) is 0.527. The molecule has 0 aliphatic carbocycles. The second kappa shape index (κ2) is 5.06. The molecule has 2 radical (unpaired) electrons. The molecule has 0 heterocycles. The monoisotopic (exact) mass is 264 g/mol. The molecule has 0 aliphatic heterocycles. The molecule has 17 heavy (non-hydrogen) atoms. The largest absolute Gasteiger partial charge is 0.405 e. The van der Waals surface area contributed by atoms with Gasteiger partial charge in [-0.3, -0.25) is 0 Å². The molecule has 8 heteroatoms. The van der Waals surface area contributed by atoms with Gasteiger partial charge in [-0.2, -0.15) is 26.3 Å². The Labute approximate surface area is 96.0 Å². The topological polar surface area (TPSA) is 0 Å². The van der Waals surface area contributed by atoms with Crippen LogP contribution in [0.5, 0.6) is 0 Å². The summed E-state index contributed by atoms with van der Waals surface area (Å²) in [5, 5.41) is 0. The van der Waals surface area contributed by atoms with Crippen molar-refractivity contribution in [1.82, 2.24) is 0 Å². The maximum Gasteiger partial charge on any atom is 0.405 e. The first-order valence-corrected chi connectivity index (χ1v) is 4.87. The first-order valence-electron chi connectivity index (χ1n) is 4.87. The summed E-state index contributed by atoms with van der Waals surface area (Å²) in [4.78, 5) is 0. The Morgan fingerprint density at radius 3 is 1.53 bits per heavy atom. The van der Waals surface area contributed by atoms with Crippen LogP contribution in [0, 0.1) is 5.41 Å². The van der Waals surface area contributed by atoms with Gasteiger partial charge in [-0.25, -0.2) is 4.39 Å². The molecule has 0 rings (SSSR count). The molecule has 0 saturated carbocycles. The van der Waals surface area contributed by atoms with E-state index in [2.05, 4.69) is 0 Å². The van der Waals surface area contributed by atoms with E-state index in [9.17, 15) is 30.7 Å². The van der Waals surface area contributed by atoms with Gasteiger partial charge in [0.25, 0.3) is 0 Å². The average molecular weight is 264 g/mol. The van der Waals surface area contributed by atoms with E-state index < -0.39 is 36.2 Å². The highest BCUT2D eigenvalue weighted by Crippen LogP contribution is 2.54. The molecule has 0 aromatic carbocycles. The maximum absolute atomic E-state index is 13.3. The molecule has 0 nitrogen and oxygen atoms in total. The smallest absolute Gasteiger partial charge is 0.246 e. The van der Waals surface area contributed by atoms with Crippen LogP contribution in [0.15, 0.2) is 0 Å². The Kier molecular flexibility index (Phi) is 4.93. The Balaban J connectivity index is 5.08. The number of rotatable bonds is 4. The van der Waals surface area contributed by atoms with E-state index in [0.717, 1.165) is 0 Å². The van der Waals surface area contributed by atoms with Crippen LogP contribution in [0.3, 0.4) is 0 Å². The summed E-state index contributed by atoms with van der Waals surface area (Å²) in [7, 11) is 5.17. The summed E-state index contributed by atoms with van der Waals surface area (Å²) in [6.07, 6.45) is -15.6. The maximum atomic E-state index is 13.3. The first-order chi connectivity index (χ1) is 7.34. The van der Waals surface area contributed by atoms with E-state index in [-0.39, 0.29) is 13.3 Å². The molecule has 0 spiro atoms. The van der Waals surface area contributed by atoms with Gasteiger partial charge in [0, 0.05) is 0 Å². The molecule has 0 bridgehead atoms. The number of halogens is 7. The van der Waals surface area contributed by atoms with Crippen LogP contribution < -0.4 is 0 Å². The molecule has 0 aromatic heterocycles. The van der Waals surface area contributed by atoms with Crippen molar-refractivity contribution in [3.05, 3.63) is 0 Å². The summed E-state index contributed by atoms with van der Waals surface area (Å²) >= 11 is 0. The van der Waals surface area contributed by atoms with E-state index in [1.54, 1.807) is 0 Å². The van der Waals surface area contributed by atoms with Gasteiger partial charge in [0.1, 0.15) is 6.17 Å². The second-order valence-electron chi connectivity index (χ2n) is 4.22. The summed E-state index contributed by atoms with van der Waals surface area (Å²) < 4.78 is 87.6. The molecule has 100 valence electrons. The van der Waals surface area contributed by atoms with Gasteiger partial charge in [-0.05, 0) is 13.3 Å². The lowest BCUT2D eigenvalue weighted by Crippen LogP contribution is -2.54. The van der Waals surface area contributed by atoms with Gasteiger partial charge in [-0.15, -0.1) is 0 Å². The predicted molar refractivity (Wildman–Crippen MR) is 49.5 cm³/mol. The predicted octanol–water partition coefficient (Wildman–Crippen LogP) is 4.21. The van der Waals surface area contributed by atoms with Crippen LogP contribution in [0.1, 0.15) is 26.7 Å². The van der Waals surface area contributed by atoms with Gasteiger partial charge in [0.15, 0.2) is 5.41 Å². The highest BCUT2D eigenvalue weighted by atomic mass is 19.4. The minimum atomic E-state index is -5.69. The van der Waals surface area contributed by atoms with Crippen molar-refractivity contribution in [3.63, 3.8) is 0 Å². The van der Waals surface area contributed by atoms with E-state index >= 15 is 0 Å². The minimum Gasteiger partial charge on any atom is -0.246 e. The molecule has 0 aliphatic rings. The summed E-state index contributed by atoms with van der Waals surface area (Å²) in [5.74, 6) is -0.654. The van der Waals surface area contributed by atoms with Crippen LogP contribution in [0.25, 0.3) is 0 Å². The van der Waals surface area contributed by atoms with Gasteiger partial charge in [0.05, 0.1) is 7.85 Å². The molecule has 0 amide bonds. The zero-order valence-electron chi connectivity index (χ0n) is 9.29. The Morgan fingerprint density at radius 1 is 0.941 bits per heavy atom. The Hall–Kier alpha value is -0.425. The van der Waals surface area contributed by atoms with E-state index in [0.29, 0.717) is 0 Å². The number of hydrogen-bond acceptors (Lipinski definition) is 0. The number of hydrogen-bond donors (Lipinski definition) is 0. The Morgan fingerprint density at radius 2 is 1.29 bits per heavy atom. The molecule has 2 atom stereocenters. The zero-order chi connectivity index (χ0) is 14.1. The third-order valence-corrected chi connectivity index (χ3v) is 2.68. The van der Waals surface area contributed by atoms with Gasteiger partial charge in [0.2, 0.25) is 0 Å². The fourth-order valence-electron chi connectivity index (χ4n) is 1.21. The fraction of sp³-hybridized carbons (Fsp3) is 1.00. The normalized spacial score (nSPS) is 17.9. The highest BCUT2D eigenvalue weighted by Gasteiger charge is 2.71.